The smallest absolute Gasteiger partial charge is 0.298 e. The first-order valence-electron chi connectivity index (χ1n) is 9.67. The van der Waals surface area contributed by atoms with Gasteiger partial charge in [0.1, 0.15) is 5.52 Å². The van der Waals surface area contributed by atoms with Gasteiger partial charge >= 0.3 is 0 Å². The SMILES string of the molecule is O=C(C1CCN(c2nc3ccccc3o2)CC1)N1CC2CCCC2C1. The van der Waals surface area contributed by atoms with Crippen molar-refractivity contribution in [1.29, 1.82) is 0 Å². The van der Waals surface area contributed by atoms with E-state index in [-0.39, 0.29) is 5.92 Å². The van der Waals surface area contributed by atoms with E-state index < -0.39 is 0 Å². The maximum atomic E-state index is 12.9. The molecule has 5 rings (SSSR count). The van der Waals surface area contributed by atoms with E-state index in [1.807, 2.05) is 24.3 Å². The van der Waals surface area contributed by atoms with Gasteiger partial charge in [0.25, 0.3) is 6.01 Å². The van der Waals surface area contributed by atoms with Crippen LogP contribution < -0.4 is 4.90 Å². The number of nitrogens with zero attached hydrogens (tertiary/aromatic N) is 3. The molecule has 2 saturated heterocycles. The normalized spacial score (nSPS) is 27.2. The zero-order valence-corrected chi connectivity index (χ0v) is 14.6. The van der Waals surface area contributed by atoms with Crippen molar-refractivity contribution in [3.8, 4) is 0 Å². The van der Waals surface area contributed by atoms with Crippen LogP contribution in [0.15, 0.2) is 28.7 Å². The first-order valence-corrected chi connectivity index (χ1v) is 9.67. The van der Waals surface area contributed by atoms with Gasteiger partial charge in [-0.25, -0.2) is 0 Å². The molecule has 1 aliphatic carbocycles. The van der Waals surface area contributed by atoms with Crippen molar-refractivity contribution < 1.29 is 9.21 Å². The highest BCUT2D eigenvalue weighted by Crippen LogP contribution is 2.38. The summed E-state index contributed by atoms with van der Waals surface area (Å²) in [6.07, 6.45) is 5.82. The van der Waals surface area contributed by atoms with E-state index in [0.29, 0.717) is 11.9 Å². The molecule has 3 aliphatic rings. The predicted molar refractivity (Wildman–Crippen MR) is 96.4 cm³/mol. The lowest BCUT2D eigenvalue weighted by Crippen LogP contribution is -2.42. The number of hydrogen-bond donors (Lipinski definition) is 0. The summed E-state index contributed by atoms with van der Waals surface area (Å²) in [7, 11) is 0. The van der Waals surface area contributed by atoms with Crippen molar-refractivity contribution in [3.63, 3.8) is 0 Å². The van der Waals surface area contributed by atoms with Crippen LogP contribution in [0.25, 0.3) is 11.1 Å². The molecule has 0 N–H and O–H groups in total. The van der Waals surface area contributed by atoms with Crippen LogP contribution in [0.2, 0.25) is 0 Å². The van der Waals surface area contributed by atoms with Gasteiger partial charge in [-0.15, -0.1) is 0 Å². The summed E-state index contributed by atoms with van der Waals surface area (Å²) in [5, 5.41) is 0. The number of aromatic nitrogens is 1. The number of anilines is 1. The Morgan fingerprint density at radius 1 is 1.04 bits per heavy atom. The summed E-state index contributed by atoms with van der Waals surface area (Å²) in [5.41, 5.74) is 1.73. The fourth-order valence-corrected chi connectivity index (χ4v) is 4.99. The highest BCUT2D eigenvalue weighted by Gasteiger charge is 2.40. The van der Waals surface area contributed by atoms with Crippen molar-refractivity contribution in [1.82, 2.24) is 9.88 Å². The van der Waals surface area contributed by atoms with Gasteiger partial charge in [0.2, 0.25) is 5.91 Å². The molecule has 1 amide bonds. The van der Waals surface area contributed by atoms with E-state index in [1.165, 1.54) is 19.3 Å². The number of amides is 1. The summed E-state index contributed by atoms with van der Waals surface area (Å²) in [6.45, 7) is 3.72. The monoisotopic (exact) mass is 339 g/mol. The maximum Gasteiger partial charge on any atom is 0.298 e. The fraction of sp³-hybridized carbons (Fsp3) is 0.600. The maximum absolute atomic E-state index is 12.9. The first-order chi connectivity index (χ1) is 12.3. The van der Waals surface area contributed by atoms with Crippen LogP contribution in [-0.2, 0) is 4.79 Å². The zero-order valence-electron chi connectivity index (χ0n) is 14.6. The molecule has 1 aromatic carbocycles. The highest BCUT2D eigenvalue weighted by molar-refractivity contribution is 5.79. The Balaban J connectivity index is 1.21. The van der Waals surface area contributed by atoms with Crippen LogP contribution in [0.1, 0.15) is 32.1 Å². The van der Waals surface area contributed by atoms with Crippen LogP contribution >= 0.6 is 0 Å². The molecule has 5 heteroatoms. The van der Waals surface area contributed by atoms with E-state index in [9.17, 15) is 4.79 Å². The van der Waals surface area contributed by atoms with Gasteiger partial charge in [-0.05, 0) is 49.7 Å². The summed E-state index contributed by atoms with van der Waals surface area (Å²) < 4.78 is 5.87. The Kier molecular flexibility index (Phi) is 3.68. The van der Waals surface area contributed by atoms with Crippen molar-refractivity contribution in [2.45, 2.75) is 32.1 Å². The Morgan fingerprint density at radius 3 is 2.48 bits per heavy atom. The van der Waals surface area contributed by atoms with Gasteiger partial charge in [0.05, 0.1) is 0 Å². The van der Waals surface area contributed by atoms with Crippen LogP contribution in [0.4, 0.5) is 6.01 Å². The topological polar surface area (TPSA) is 49.6 Å². The second-order valence-corrected chi connectivity index (χ2v) is 7.92. The fourth-order valence-electron chi connectivity index (χ4n) is 4.99. The molecule has 3 fully saturated rings. The van der Waals surface area contributed by atoms with Gasteiger partial charge in [0.15, 0.2) is 5.58 Å². The number of carbonyl (C=O) groups is 1. The lowest BCUT2D eigenvalue weighted by Gasteiger charge is -2.32. The number of hydrogen-bond acceptors (Lipinski definition) is 4. The number of para-hydroxylation sites is 2. The van der Waals surface area contributed by atoms with E-state index in [0.717, 1.165) is 62.0 Å². The predicted octanol–water partition coefficient (Wildman–Crippen LogP) is 3.30. The Bertz CT molecular complexity index is 733. The third kappa shape index (κ3) is 2.70. The number of fused-ring (bicyclic) bond motifs is 2. The van der Waals surface area contributed by atoms with Gasteiger partial charge < -0.3 is 14.2 Å². The molecule has 5 nitrogen and oxygen atoms in total. The average molecular weight is 339 g/mol. The largest absolute Gasteiger partial charge is 0.423 e. The molecule has 2 atom stereocenters. The number of benzene rings is 1. The van der Waals surface area contributed by atoms with E-state index in [1.54, 1.807) is 0 Å². The molecule has 2 aliphatic heterocycles. The van der Waals surface area contributed by atoms with Gasteiger partial charge in [-0.2, -0.15) is 4.98 Å². The Morgan fingerprint density at radius 2 is 1.76 bits per heavy atom. The molecule has 0 spiro atoms. The minimum atomic E-state index is 0.180. The molecule has 0 radical (unpaired) electrons. The number of carbonyl (C=O) groups excluding carboxylic acids is 1. The third-order valence-electron chi connectivity index (χ3n) is 6.44. The van der Waals surface area contributed by atoms with E-state index in [4.69, 9.17) is 4.42 Å². The molecule has 2 unspecified atom stereocenters. The number of rotatable bonds is 2. The van der Waals surface area contributed by atoms with Crippen LogP contribution in [-0.4, -0.2) is 42.0 Å². The molecule has 3 heterocycles. The van der Waals surface area contributed by atoms with Crippen molar-refractivity contribution in [3.05, 3.63) is 24.3 Å². The quantitative estimate of drug-likeness (QED) is 0.842. The lowest BCUT2D eigenvalue weighted by atomic mass is 9.95. The van der Waals surface area contributed by atoms with E-state index in [2.05, 4.69) is 14.8 Å². The summed E-state index contributed by atoms with van der Waals surface area (Å²) in [5.74, 6) is 2.14. The van der Waals surface area contributed by atoms with Crippen LogP contribution in [0.5, 0.6) is 0 Å². The summed E-state index contributed by atoms with van der Waals surface area (Å²) >= 11 is 0. The van der Waals surface area contributed by atoms with Gasteiger partial charge in [-0.1, -0.05) is 18.6 Å². The molecular formula is C20H25N3O2. The standard InChI is InChI=1S/C20H25N3O2/c24-19(23-12-15-4-3-5-16(15)13-23)14-8-10-22(11-9-14)20-21-17-6-1-2-7-18(17)25-20/h1-2,6-7,14-16H,3-5,8-13H2. The van der Waals surface area contributed by atoms with Crippen LogP contribution in [0.3, 0.4) is 0 Å². The minimum Gasteiger partial charge on any atom is -0.423 e. The van der Waals surface area contributed by atoms with Gasteiger partial charge in [-0.3, -0.25) is 4.79 Å². The minimum absolute atomic E-state index is 0.180. The van der Waals surface area contributed by atoms with Crippen LogP contribution in [0, 0.1) is 17.8 Å². The lowest BCUT2D eigenvalue weighted by molar-refractivity contribution is -0.135. The first kappa shape index (κ1) is 15.2. The third-order valence-corrected chi connectivity index (χ3v) is 6.44. The molecule has 25 heavy (non-hydrogen) atoms. The second kappa shape index (κ2) is 6.04. The Hall–Kier alpha value is -2.04. The van der Waals surface area contributed by atoms with Crippen molar-refractivity contribution >= 4 is 23.0 Å². The summed E-state index contributed by atoms with van der Waals surface area (Å²) in [4.78, 5) is 21.8. The molecule has 132 valence electrons. The number of oxazole rings is 1. The summed E-state index contributed by atoms with van der Waals surface area (Å²) in [6, 6.07) is 8.57. The second-order valence-electron chi connectivity index (χ2n) is 7.92. The van der Waals surface area contributed by atoms with E-state index >= 15 is 0 Å². The van der Waals surface area contributed by atoms with Crippen molar-refractivity contribution in [2.75, 3.05) is 31.1 Å². The van der Waals surface area contributed by atoms with Gasteiger partial charge in [0, 0.05) is 32.1 Å². The molecule has 2 aromatic rings. The number of likely N-dealkylation sites (tertiary alicyclic amines) is 1. The Labute approximate surface area is 148 Å². The number of piperidine rings is 1. The molecular weight excluding hydrogens is 314 g/mol. The van der Waals surface area contributed by atoms with Crippen molar-refractivity contribution in [2.24, 2.45) is 17.8 Å². The molecule has 0 bridgehead atoms. The average Bonchev–Trinajstić information content (AvgIpc) is 3.35. The highest BCUT2D eigenvalue weighted by atomic mass is 16.4. The molecule has 1 aromatic heterocycles. The molecule has 1 saturated carbocycles. The zero-order chi connectivity index (χ0) is 16.8.